The summed E-state index contributed by atoms with van der Waals surface area (Å²) in [7, 11) is 4.07. The van der Waals surface area contributed by atoms with E-state index in [4.69, 9.17) is 0 Å². The van der Waals surface area contributed by atoms with Gasteiger partial charge in [0.25, 0.3) is 5.91 Å². The van der Waals surface area contributed by atoms with Crippen molar-refractivity contribution in [3.63, 3.8) is 0 Å². The average Bonchev–Trinajstić information content (AvgIpc) is 3.23. The number of carbonyl (C=O) groups is 1. The Bertz CT molecular complexity index is 882. The van der Waals surface area contributed by atoms with E-state index in [2.05, 4.69) is 21.9 Å². The molecule has 0 saturated carbocycles. The van der Waals surface area contributed by atoms with Crippen molar-refractivity contribution in [1.29, 1.82) is 0 Å². The molecule has 1 atom stereocenters. The third kappa shape index (κ3) is 2.37. The van der Waals surface area contributed by atoms with Crippen molar-refractivity contribution >= 4 is 11.6 Å². The topological polar surface area (TPSA) is 58.7 Å². The molecule has 0 radical (unpaired) electrons. The molecule has 3 aromatic heterocycles. The number of imidazole rings is 2. The van der Waals surface area contributed by atoms with E-state index < -0.39 is 0 Å². The van der Waals surface area contributed by atoms with Crippen molar-refractivity contribution in [3.05, 3.63) is 54.5 Å². The van der Waals surface area contributed by atoms with Crippen molar-refractivity contribution in [3.8, 4) is 0 Å². The quantitative estimate of drug-likeness (QED) is 0.711. The SMILES string of the molecule is CN1CCN(C(=O)c2cccc3nccn23)C[C@H]1c1nccn1C. The highest BCUT2D eigenvalue weighted by molar-refractivity contribution is 5.93. The monoisotopic (exact) mass is 324 g/mol. The highest BCUT2D eigenvalue weighted by Gasteiger charge is 2.31. The molecule has 1 fully saturated rings. The largest absolute Gasteiger partial charge is 0.337 e. The summed E-state index contributed by atoms with van der Waals surface area (Å²) >= 11 is 0. The minimum absolute atomic E-state index is 0.0332. The number of pyridine rings is 1. The van der Waals surface area contributed by atoms with Crippen molar-refractivity contribution in [2.45, 2.75) is 6.04 Å². The minimum atomic E-state index is 0.0332. The zero-order valence-electron chi connectivity index (χ0n) is 13.8. The van der Waals surface area contributed by atoms with Crippen LogP contribution in [0.2, 0.25) is 0 Å². The number of hydrogen-bond acceptors (Lipinski definition) is 4. The van der Waals surface area contributed by atoms with Gasteiger partial charge in [-0.05, 0) is 19.2 Å². The molecule has 0 N–H and O–H groups in total. The molecule has 24 heavy (non-hydrogen) atoms. The molecule has 7 nitrogen and oxygen atoms in total. The van der Waals surface area contributed by atoms with Gasteiger partial charge in [0.2, 0.25) is 0 Å². The lowest BCUT2D eigenvalue weighted by molar-refractivity contribution is 0.0522. The van der Waals surface area contributed by atoms with Gasteiger partial charge in [0, 0.05) is 51.5 Å². The summed E-state index contributed by atoms with van der Waals surface area (Å²) in [5.41, 5.74) is 1.43. The molecule has 0 spiro atoms. The van der Waals surface area contributed by atoms with Crippen LogP contribution in [0.15, 0.2) is 43.0 Å². The van der Waals surface area contributed by atoms with E-state index >= 15 is 0 Å². The number of aryl methyl sites for hydroxylation is 1. The molecular weight excluding hydrogens is 304 g/mol. The Kier molecular flexibility index (Phi) is 3.57. The third-order valence-electron chi connectivity index (χ3n) is 4.74. The van der Waals surface area contributed by atoms with Crippen LogP contribution in [0.3, 0.4) is 0 Å². The number of likely N-dealkylation sites (N-methyl/N-ethyl adjacent to an activating group) is 1. The van der Waals surface area contributed by atoms with Crippen molar-refractivity contribution in [2.75, 3.05) is 26.7 Å². The summed E-state index contributed by atoms with van der Waals surface area (Å²) in [6, 6.07) is 5.73. The number of carbonyl (C=O) groups excluding carboxylic acids is 1. The van der Waals surface area contributed by atoms with Gasteiger partial charge in [0.1, 0.15) is 17.2 Å². The first-order chi connectivity index (χ1) is 11.6. The Morgan fingerprint density at radius 1 is 1.12 bits per heavy atom. The Hall–Kier alpha value is -2.67. The van der Waals surface area contributed by atoms with Crippen molar-refractivity contribution in [1.82, 2.24) is 28.7 Å². The van der Waals surface area contributed by atoms with Crippen LogP contribution in [0.5, 0.6) is 0 Å². The van der Waals surface area contributed by atoms with Crippen molar-refractivity contribution < 1.29 is 4.79 Å². The summed E-state index contributed by atoms with van der Waals surface area (Å²) in [5, 5.41) is 0. The predicted molar refractivity (Wildman–Crippen MR) is 89.7 cm³/mol. The fourth-order valence-electron chi connectivity index (χ4n) is 3.32. The van der Waals surface area contributed by atoms with Crippen LogP contribution < -0.4 is 0 Å². The molecule has 7 heteroatoms. The van der Waals surface area contributed by atoms with E-state index in [9.17, 15) is 4.79 Å². The second kappa shape index (κ2) is 5.76. The fraction of sp³-hybridized carbons (Fsp3) is 0.353. The van der Waals surface area contributed by atoms with Crippen LogP contribution in [0.1, 0.15) is 22.4 Å². The third-order valence-corrected chi connectivity index (χ3v) is 4.74. The molecular formula is C17H20N6O. The van der Waals surface area contributed by atoms with Gasteiger partial charge >= 0.3 is 0 Å². The summed E-state index contributed by atoms with van der Waals surface area (Å²) < 4.78 is 3.86. The Morgan fingerprint density at radius 3 is 2.75 bits per heavy atom. The van der Waals surface area contributed by atoms with Crippen LogP contribution in [-0.2, 0) is 7.05 Å². The van der Waals surface area contributed by atoms with Gasteiger partial charge in [-0.1, -0.05) is 6.07 Å². The second-order valence-corrected chi connectivity index (χ2v) is 6.21. The molecule has 4 heterocycles. The number of nitrogens with zero attached hydrogens (tertiary/aromatic N) is 6. The summed E-state index contributed by atoms with van der Waals surface area (Å²) in [6.07, 6.45) is 7.29. The van der Waals surface area contributed by atoms with E-state index in [1.807, 2.05) is 51.5 Å². The van der Waals surface area contributed by atoms with Gasteiger partial charge in [0.05, 0.1) is 6.04 Å². The summed E-state index contributed by atoms with van der Waals surface area (Å²) in [6.45, 7) is 2.16. The first kappa shape index (κ1) is 14.9. The van der Waals surface area contributed by atoms with E-state index in [-0.39, 0.29) is 11.9 Å². The van der Waals surface area contributed by atoms with E-state index in [1.54, 1.807) is 12.4 Å². The molecule has 1 saturated heterocycles. The predicted octanol–water partition coefficient (Wildman–Crippen LogP) is 1.20. The van der Waals surface area contributed by atoms with Crippen LogP contribution in [0.4, 0.5) is 0 Å². The van der Waals surface area contributed by atoms with Gasteiger partial charge in [-0.2, -0.15) is 0 Å². The average molecular weight is 324 g/mol. The smallest absolute Gasteiger partial charge is 0.270 e. The van der Waals surface area contributed by atoms with Crippen LogP contribution in [-0.4, -0.2) is 61.3 Å². The van der Waals surface area contributed by atoms with Crippen LogP contribution in [0, 0.1) is 0 Å². The Balaban J connectivity index is 1.63. The fourth-order valence-corrected chi connectivity index (χ4v) is 3.32. The number of hydrogen-bond donors (Lipinski definition) is 0. The zero-order valence-corrected chi connectivity index (χ0v) is 13.8. The highest BCUT2D eigenvalue weighted by atomic mass is 16.2. The summed E-state index contributed by atoms with van der Waals surface area (Å²) in [5.74, 6) is 1.02. The Morgan fingerprint density at radius 2 is 1.96 bits per heavy atom. The number of rotatable bonds is 2. The standard InChI is InChI=1S/C17H20N6O/c1-20-10-11-22(12-14(20)16-19-6-8-21(16)2)17(24)13-4-3-5-15-18-7-9-23(13)15/h3-9,14H,10-12H2,1-2H3/t14-/m0/s1. The van der Waals surface area contributed by atoms with Gasteiger partial charge in [0.15, 0.2) is 0 Å². The van der Waals surface area contributed by atoms with Gasteiger partial charge < -0.3 is 9.47 Å². The highest BCUT2D eigenvalue weighted by Crippen LogP contribution is 2.23. The zero-order chi connectivity index (χ0) is 16.7. The van der Waals surface area contributed by atoms with Gasteiger partial charge in [-0.25, -0.2) is 9.97 Å². The van der Waals surface area contributed by atoms with Crippen molar-refractivity contribution in [2.24, 2.45) is 7.05 Å². The van der Waals surface area contributed by atoms with Crippen LogP contribution >= 0.6 is 0 Å². The molecule has 1 aliphatic rings. The van der Waals surface area contributed by atoms with E-state index in [1.165, 1.54) is 0 Å². The summed E-state index contributed by atoms with van der Waals surface area (Å²) in [4.78, 5) is 25.9. The second-order valence-electron chi connectivity index (χ2n) is 6.21. The molecule has 0 aliphatic carbocycles. The lowest BCUT2D eigenvalue weighted by Gasteiger charge is -2.39. The minimum Gasteiger partial charge on any atom is -0.337 e. The molecule has 3 aromatic rings. The maximum absolute atomic E-state index is 13.0. The maximum Gasteiger partial charge on any atom is 0.270 e. The molecule has 0 bridgehead atoms. The first-order valence-corrected chi connectivity index (χ1v) is 8.04. The molecule has 1 aliphatic heterocycles. The Labute approximate surface area is 140 Å². The molecule has 1 amide bonds. The van der Waals surface area contributed by atoms with Crippen LogP contribution in [0.25, 0.3) is 5.65 Å². The number of piperazine rings is 1. The van der Waals surface area contributed by atoms with Gasteiger partial charge in [-0.3, -0.25) is 14.1 Å². The molecule has 124 valence electrons. The molecule has 4 rings (SSSR count). The number of fused-ring (bicyclic) bond motifs is 1. The molecule has 0 aromatic carbocycles. The molecule has 0 unspecified atom stereocenters. The number of aromatic nitrogens is 4. The van der Waals surface area contributed by atoms with E-state index in [0.29, 0.717) is 18.8 Å². The van der Waals surface area contributed by atoms with Gasteiger partial charge in [-0.15, -0.1) is 0 Å². The first-order valence-electron chi connectivity index (χ1n) is 8.04. The lowest BCUT2D eigenvalue weighted by atomic mass is 10.1. The number of amides is 1. The maximum atomic E-state index is 13.0. The van der Waals surface area contributed by atoms with E-state index in [0.717, 1.165) is 18.0 Å². The normalized spacial score (nSPS) is 19.1. The lowest BCUT2D eigenvalue weighted by Crippen LogP contribution is -2.49.